The maximum absolute atomic E-state index is 12.4. The minimum atomic E-state index is 0. The summed E-state index contributed by atoms with van der Waals surface area (Å²) in [6, 6.07) is 2.42. The molecule has 2 fully saturated rings. The summed E-state index contributed by atoms with van der Waals surface area (Å²) in [5.41, 5.74) is 0.670. The van der Waals surface area contributed by atoms with Gasteiger partial charge in [0.05, 0.1) is 5.56 Å². The molecule has 0 bridgehead atoms. The van der Waals surface area contributed by atoms with E-state index in [1.54, 1.807) is 12.4 Å². The van der Waals surface area contributed by atoms with Gasteiger partial charge in [-0.1, -0.05) is 0 Å². The summed E-state index contributed by atoms with van der Waals surface area (Å²) in [7, 11) is 0. The maximum Gasteiger partial charge on any atom is 0.255 e. The van der Waals surface area contributed by atoms with Gasteiger partial charge in [-0.05, 0) is 60.1 Å². The van der Waals surface area contributed by atoms with Crippen LogP contribution < -0.4 is 5.32 Å². The van der Waals surface area contributed by atoms with E-state index in [-0.39, 0.29) is 30.7 Å². The lowest BCUT2D eigenvalue weighted by Gasteiger charge is -2.32. The Morgan fingerprint density at radius 2 is 1.91 bits per heavy atom. The predicted octanol–water partition coefficient (Wildman–Crippen LogP) is 3.29. The molecule has 0 atom stereocenters. The third kappa shape index (κ3) is 5.37. The first-order valence-electron chi connectivity index (χ1n) is 7.35. The number of nitrogens with zero attached hydrogens (tertiary/aromatic N) is 2. The van der Waals surface area contributed by atoms with E-state index in [1.165, 1.54) is 12.8 Å². The fraction of sp³-hybridized carbons (Fsp3) is 0.600. The van der Waals surface area contributed by atoms with E-state index in [0.717, 1.165) is 42.9 Å². The molecule has 0 radical (unpaired) electrons. The summed E-state index contributed by atoms with van der Waals surface area (Å²) in [5, 5.41) is 3.63. The van der Waals surface area contributed by atoms with E-state index >= 15 is 0 Å². The van der Waals surface area contributed by atoms with E-state index in [2.05, 4.69) is 26.2 Å². The van der Waals surface area contributed by atoms with Crippen LogP contribution in [0.1, 0.15) is 36.0 Å². The van der Waals surface area contributed by atoms with Gasteiger partial charge in [-0.15, -0.1) is 24.8 Å². The molecule has 22 heavy (non-hydrogen) atoms. The second-order valence-electron chi connectivity index (χ2n) is 5.81. The highest BCUT2D eigenvalue weighted by Crippen LogP contribution is 2.28. The summed E-state index contributed by atoms with van der Waals surface area (Å²) < 4.78 is 0.851. The minimum Gasteiger partial charge on any atom is -0.338 e. The van der Waals surface area contributed by atoms with Crippen molar-refractivity contribution in [2.75, 3.05) is 19.6 Å². The van der Waals surface area contributed by atoms with E-state index < -0.39 is 0 Å². The van der Waals surface area contributed by atoms with Crippen molar-refractivity contribution in [3.8, 4) is 0 Å². The number of hydrogen-bond acceptors (Lipinski definition) is 3. The lowest BCUT2D eigenvalue weighted by molar-refractivity contribution is 0.0704. The molecule has 2 heterocycles. The minimum absolute atomic E-state index is 0. The Hall–Kier alpha value is -0.360. The zero-order valence-corrected chi connectivity index (χ0v) is 15.6. The molecule has 1 aromatic heterocycles. The van der Waals surface area contributed by atoms with Crippen LogP contribution in [0.15, 0.2) is 22.9 Å². The van der Waals surface area contributed by atoms with Crippen molar-refractivity contribution in [1.29, 1.82) is 0 Å². The Morgan fingerprint density at radius 1 is 1.23 bits per heavy atom. The normalized spacial score (nSPS) is 18.3. The first-order chi connectivity index (χ1) is 9.72. The van der Waals surface area contributed by atoms with Crippen molar-refractivity contribution >= 4 is 46.7 Å². The van der Waals surface area contributed by atoms with E-state index in [9.17, 15) is 4.79 Å². The average Bonchev–Trinajstić information content (AvgIpc) is 3.29. The predicted molar refractivity (Wildman–Crippen MR) is 96.1 cm³/mol. The van der Waals surface area contributed by atoms with Crippen LogP contribution in [0.4, 0.5) is 0 Å². The first-order valence-corrected chi connectivity index (χ1v) is 8.15. The Morgan fingerprint density at radius 3 is 2.50 bits per heavy atom. The van der Waals surface area contributed by atoms with Gasteiger partial charge >= 0.3 is 0 Å². The number of carbonyl (C=O) groups excluding carboxylic acids is 1. The number of hydrogen-bond donors (Lipinski definition) is 1. The van der Waals surface area contributed by atoms with E-state index in [1.807, 2.05) is 11.0 Å². The molecule has 1 amide bonds. The van der Waals surface area contributed by atoms with Crippen LogP contribution in [0.5, 0.6) is 0 Å². The number of amides is 1. The molecule has 1 saturated carbocycles. The van der Waals surface area contributed by atoms with Crippen LogP contribution >= 0.6 is 40.7 Å². The van der Waals surface area contributed by atoms with Crippen molar-refractivity contribution in [3.63, 3.8) is 0 Å². The molecular formula is C15H22BrCl2N3O. The van der Waals surface area contributed by atoms with Crippen LogP contribution in [-0.4, -0.2) is 41.5 Å². The molecule has 0 aromatic carbocycles. The summed E-state index contributed by atoms with van der Waals surface area (Å²) in [5.74, 6) is 1.02. The van der Waals surface area contributed by atoms with Gasteiger partial charge < -0.3 is 10.2 Å². The number of piperidine rings is 1. The number of aromatic nitrogens is 1. The molecule has 4 nitrogen and oxygen atoms in total. The maximum atomic E-state index is 12.4. The third-order valence-electron chi connectivity index (χ3n) is 4.13. The summed E-state index contributed by atoms with van der Waals surface area (Å²) >= 11 is 3.36. The van der Waals surface area contributed by atoms with Gasteiger partial charge in [0, 0.05) is 36.0 Å². The van der Waals surface area contributed by atoms with Gasteiger partial charge in [0.15, 0.2) is 0 Å². The van der Waals surface area contributed by atoms with Gasteiger partial charge in [0.1, 0.15) is 0 Å². The highest BCUT2D eigenvalue weighted by Gasteiger charge is 2.26. The summed E-state index contributed by atoms with van der Waals surface area (Å²) in [6.45, 7) is 2.84. The molecule has 1 N–H and O–H groups in total. The Bertz CT molecular complexity index is 491. The fourth-order valence-electron chi connectivity index (χ4n) is 2.65. The number of halogens is 3. The number of likely N-dealkylation sites (tertiary alicyclic amines) is 1. The molecule has 3 rings (SSSR count). The molecular weight excluding hydrogens is 389 g/mol. The molecule has 0 unspecified atom stereocenters. The van der Waals surface area contributed by atoms with E-state index in [4.69, 9.17) is 0 Å². The van der Waals surface area contributed by atoms with Gasteiger partial charge in [-0.25, -0.2) is 0 Å². The van der Waals surface area contributed by atoms with Gasteiger partial charge in [-0.2, -0.15) is 0 Å². The van der Waals surface area contributed by atoms with Crippen molar-refractivity contribution in [1.82, 2.24) is 15.2 Å². The molecule has 1 saturated heterocycles. The number of nitrogens with one attached hydrogen (secondary N) is 1. The molecule has 7 heteroatoms. The smallest absolute Gasteiger partial charge is 0.255 e. The number of carbonyl (C=O) groups is 1. The van der Waals surface area contributed by atoms with Crippen molar-refractivity contribution in [3.05, 3.63) is 28.5 Å². The highest BCUT2D eigenvalue weighted by molar-refractivity contribution is 9.10. The quantitative estimate of drug-likeness (QED) is 0.828. The van der Waals surface area contributed by atoms with Crippen molar-refractivity contribution < 1.29 is 4.79 Å². The van der Waals surface area contributed by atoms with E-state index in [0.29, 0.717) is 11.6 Å². The topological polar surface area (TPSA) is 45.2 Å². The van der Waals surface area contributed by atoms with Crippen molar-refractivity contribution in [2.45, 2.75) is 31.7 Å². The second-order valence-corrected chi connectivity index (χ2v) is 6.73. The van der Waals surface area contributed by atoms with Gasteiger partial charge in [-0.3, -0.25) is 9.78 Å². The standard InChI is InChI=1S/C15H20BrN3O.2ClH/c16-13-7-12(9-17-10-13)15(20)19-5-3-14(4-6-19)18-8-11-1-2-11;;/h7,9-11,14,18H,1-6,8H2;2*1H. The first kappa shape index (κ1) is 19.7. The molecule has 2 aliphatic rings. The Balaban J connectivity index is 0.00000121. The highest BCUT2D eigenvalue weighted by atomic mass is 79.9. The van der Waals surface area contributed by atoms with Gasteiger partial charge in [0.2, 0.25) is 0 Å². The summed E-state index contributed by atoms with van der Waals surface area (Å²) in [4.78, 5) is 18.4. The monoisotopic (exact) mass is 409 g/mol. The van der Waals surface area contributed by atoms with Crippen LogP contribution in [0.25, 0.3) is 0 Å². The average molecular weight is 411 g/mol. The molecule has 1 aliphatic heterocycles. The SMILES string of the molecule is Cl.Cl.O=C(c1cncc(Br)c1)N1CCC(NCC2CC2)CC1. The number of rotatable bonds is 4. The lowest BCUT2D eigenvalue weighted by atomic mass is 10.0. The summed E-state index contributed by atoms with van der Waals surface area (Å²) in [6.07, 6.45) is 8.23. The second kappa shape index (κ2) is 9.06. The van der Waals surface area contributed by atoms with Crippen LogP contribution in [0.2, 0.25) is 0 Å². The molecule has 1 aromatic rings. The van der Waals surface area contributed by atoms with Crippen LogP contribution in [0, 0.1) is 5.92 Å². The Kier molecular flexibility index (Phi) is 8.11. The zero-order chi connectivity index (χ0) is 13.9. The van der Waals surface area contributed by atoms with Crippen LogP contribution in [0.3, 0.4) is 0 Å². The van der Waals surface area contributed by atoms with Gasteiger partial charge in [0.25, 0.3) is 5.91 Å². The fourth-order valence-corrected chi connectivity index (χ4v) is 3.02. The molecule has 124 valence electrons. The van der Waals surface area contributed by atoms with Crippen molar-refractivity contribution in [2.24, 2.45) is 5.92 Å². The molecule has 0 spiro atoms. The lowest BCUT2D eigenvalue weighted by Crippen LogP contribution is -2.45. The largest absolute Gasteiger partial charge is 0.338 e. The Labute approximate surface area is 152 Å². The molecule has 1 aliphatic carbocycles. The third-order valence-corrected chi connectivity index (χ3v) is 4.56. The number of pyridine rings is 1. The zero-order valence-electron chi connectivity index (χ0n) is 12.3. The van der Waals surface area contributed by atoms with Crippen LogP contribution in [-0.2, 0) is 0 Å².